The van der Waals surface area contributed by atoms with E-state index >= 15 is 0 Å². The van der Waals surface area contributed by atoms with Crippen LogP contribution in [0.25, 0.3) is 0 Å². The summed E-state index contributed by atoms with van der Waals surface area (Å²) in [7, 11) is -0.0265. The van der Waals surface area contributed by atoms with E-state index in [0.717, 1.165) is 61.7 Å². The number of ether oxygens (including phenoxy) is 3. The van der Waals surface area contributed by atoms with Gasteiger partial charge in [-0.3, -0.25) is 14.3 Å². The zero-order chi connectivity index (χ0) is 34.3. The lowest BCUT2D eigenvalue weighted by Crippen LogP contribution is -2.49. The molecule has 0 unspecified atom stereocenters. The van der Waals surface area contributed by atoms with E-state index in [-0.39, 0.29) is 41.1 Å². The second-order valence-corrected chi connectivity index (χ2v) is 17.4. The number of anilines is 1. The van der Waals surface area contributed by atoms with E-state index in [0.29, 0.717) is 43.3 Å². The number of hydrogen-bond acceptors (Lipinski definition) is 7. The monoisotopic (exact) mass is 709 g/mol. The molecule has 3 aliphatic carbocycles. The molecular weight excluding hydrogens is 662 g/mol. The van der Waals surface area contributed by atoms with Crippen molar-refractivity contribution in [2.75, 3.05) is 44.6 Å². The molecule has 2 saturated carbocycles. The van der Waals surface area contributed by atoms with Crippen LogP contribution in [0.4, 0.5) is 5.69 Å². The number of methoxy groups -OCH3 is 2. The molecule has 49 heavy (non-hydrogen) atoms. The van der Waals surface area contributed by atoms with Crippen molar-refractivity contribution in [3.8, 4) is 5.75 Å². The smallest absolute Gasteiger partial charge is 0.286 e. The van der Waals surface area contributed by atoms with Gasteiger partial charge in [0.2, 0.25) is 5.91 Å². The second kappa shape index (κ2) is 14.0. The first-order valence-electron chi connectivity index (χ1n) is 17.7. The summed E-state index contributed by atoms with van der Waals surface area (Å²) in [5, 5.41) is 0.746. The Kier molecular flexibility index (Phi) is 9.87. The third kappa shape index (κ3) is 7.03. The molecule has 2 aromatic carbocycles. The average molecular weight is 710 g/mol. The summed E-state index contributed by atoms with van der Waals surface area (Å²) in [5.41, 5.74) is 3.47. The maximum atomic E-state index is 14.4. The van der Waals surface area contributed by atoms with Crippen molar-refractivity contribution in [3.05, 3.63) is 70.3 Å². The number of nitrogens with one attached hydrogen (secondary N) is 1. The highest BCUT2D eigenvalue weighted by molar-refractivity contribution is 7.92. The summed E-state index contributed by atoms with van der Waals surface area (Å²) in [6.45, 7) is 4.01. The van der Waals surface area contributed by atoms with Gasteiger partial charge in [0, 0.05) is 49.2 Å². The molecule has 7 rings (SSSR count). The summed E-state index contributed by atoms with van der Waals surface area (Å²) in [4.78, 5) is 29.5. The quantitative estimate of drug-likeness (QED) is 0.361. The van der Waals surface area contributed by atoms with Crippen molar-refractivity contribution >= 4 is 39.0 Å². The fourth-order valence-electron chi connectivity index (χ4n) is 8.58. The van der Waals surface area contributed by atoms with Gasteiger partial charge in [0.15, 0.2) is 0 Å². The molecule has 2 aliphatic heterocycles. The van der Waals surface area contributed by atoms with Gasteiger partial charge in [0.05, 0.1) is 30.3 Å². The Morgan fingerprint density at radius 3 is 2.73 bits per heavy atom. The highest BCUT2D eigenvalue weighted by Crippen LogP contribution is 2.47. The number of fused-ring (bicyclic) bond motifs is 4. The molecule has 1 spiro atoms. The molecule has 2 heterocycles. The van der Waals surface area contributed by atoms with Crippen molar-refractivity contribution in [2.45, 2.75) is 75.9 Å². The Morgan fingerprint density at radius 2 is 1.98 bits per heavy atom. The molecule has 11 heteroatoms. The summed E-state index contributed by atoms with van der Waals surface area (Å²) < 4.78 is 39.5. The minimum Gasteiger partial charge on any atom is -0.490 e. The highest BCUT2D eigenvalue weighted by atomic mass is 35.5. The van der Waals surface area contributed by atoms with E-state index in [9.17, 15) is 13.8 Å². The zero-order valence-corrected chi connectivity index (χ0v) is 30.3. The van der Waals surface area contributed by atoms with E-state index in [4.69, 9.17) is 25.8 Å². The lowest BCUT2D eigenvalue weighted by atomic mass is 9.68. The highest BCUT2D eigenvalue weighted by Gasteiger charge is 2.44. The fraction of sp³-hybridized carbons (Fsp3) is 0.579. The Hall–Kier alpha value is -2.92. The summed E-state index contributed by atoms with van der Waals surface area (Å²) >= 11 is 6.45. The van der Waals surface area contributed by atoms with Gasteiger partial charge in [0.1, 0.15) is 15.7 Å². The summed E-state index contributed by atoms with van der Waals surface area (Å²) in [6, 6.07) is 11.6. The standard InChI is InChI=1S/C38H48ClN3O6S/c1-24-6-4-8-34(47-3)31-12-9-27(31)20-42-22-38(15-5-7-25-16-29(39)11-13-32(25)38)23-48-35-14-10-26(19-33(35)42)36(43)40-49(45,21-24)41-37(44)28-17-30(18-28)46-2/h4,8,10-11,13-14,16,19,24,27-28,30-31,34H,5-7,9,12,15,17-18,20-23H2,1-3H3,(H,40,41,43,44,45)/b8-4+/t24-,27-,28-,30+,31+,34-,38-,49-/m0/s1. The lowest BCUT2D eigenvalue weighted by molar-refractivity contribution is -0.130. The van der Waals surface area contributed by atoms with Gasteiger partial charge in [0.25, 0.3) is 5.91 Å². The van der Waals surface area contributed by atoms with Crippen molar-refractivity contribution < 1.29 is 28.0 Å². The first-order chi connectivity index (χ1) is 23.6. The molecule has 5 aliphatic rings. The second-order valence-electron chi connectivity index (χ2n) is 15.0. The molecule has 2 fully saturated rings. The van der Waals surface area contributed by atoms with Crippen LogP contribution in [0.5, 0.6) is 5.75 Å². The minimum atomic E-state index is -3.42. The molecule has 1 N–H and O–H groups in total. The minimum absolute atomic E-state index is 0.0146. The van der Waals surface area contributed by atoms with Crippen molar-refractivity contribution in [2.24, 2.45) is 28.0 Å². The largest absolute Gasteiger partial charge is 0.490 e. The number of hydrogen-bond donors (Lipinski definition) is 1. The summed E-state index contributed by atoms with van der Waals surface area (Å²) in [6.07, 6.45) is 11.1. The van der Waals surface area contributed by atoms with E-state index in [1.165, 1.54) is 11.1 Å². The topological polar surface area (TPSA) is 107 Å². The number of benzene rings is 2. The third-order valence-electron chi connectivity index (χ3n) is 11.6. The van der Waals surface area contributed by atoms with Crippen LogP contribution in [0.3, 0.4) is 0 Å². The van der Waals surface area contributed by atoms with Crippen molar-refractivity contribution in [1.82, 2.24) is 4.72 Å². The van der Waals surface area contributed by atoms with Gasteiger partial charge in [-0.15, -0.1) is 4.36 Å². The van der Waals surface area contributed by atoms with Crippen molar-refractivity contribution in [3.63, 3.8) is 0 Å². The van der Waals surface area contributed by atoms with Gasteiger partial charge in [-0.25, -0.2) is 4.21 Å². The van der Waals surface area contributed by atoms with E-state index in [2.05, 4.69) is 38.3 Å². The molecule has 0 aromatic heterocycles. The van der Waals surface area contributed by atoms with Crippen LogP contribution in [0.1, 0.15) is 73.4 Å². The SMILES string of the molecule is CO[C@H]1/C=C/C[C@H](C)C[S@@](=O)(NC(=O)[C@H]2C[C@@H](OC)C2)=NC(=O)c2ccc3c(c2)N(C[C@@H]2CC[C@H]21)C[C@@]1(CCCc2cc(Cl)ccc21)CO3. The number of aryl methyl sites for hydroxylation is 1. The fourth-order valence-corrected chi connectivity index (χ4v) is 10.7. The van der Waals surface area contributed by atoms with Gasteiger partial charge >= 0.3 is 0 Å². The number of nitrogens with zero attached hydrogens (tertiary/aromatic N) is 2. The average Bonchev–Trinajstić information content (AvgIpc) is 3.18. The number of halogens is 1. The van der Waals surface area contributed by atoms with Gasteiger partial charge in [-0.2, -0.15) is 0 Å². The molecule has 2 bridgehead atoms. The Morgan fingerprint density at radius 1 is 1.14 bits per heavy atom. The third-order valence-corrected chi connectivity index (χ3v) is 13.8. The molecule has 0 radical (unpaired) electrons. The summed E-state index contributed by atoms with van der Waals surface area (Å²) in [5.74, 6) is 0.170. The van der Waals surface area contributed by atoms with Crippen LogP contribution in [-0.2, 0) is 36.0 Å². The Labute approximate surface area is 295 Å². The molecule has 0 saturated heterocycles. The molecule has 6 atom stereocenters. The van der Waals surface area contributed by atoms with Gasteiger partial charge in [-0.1, -0.05) is 36.7 Å². The van der Waals surface area contributed by atoms with Crippen LogP contribution in [0, 0.1) is 23.7 Å². The molecule has 9 nitrogen and oxygen atoms in total. The first-order valence-corrected chi connectivity index (χ1v) is 19.8. The first kappa shape index (κ1) is 34.5. The van der Waals surface area contributed by atoms with Gasteiger partial charge < -0.3 is 19.1 Å². The Bertz CT molecular complexity index is 1750. The predicted octanol–water partition coefficient (Wildman–Crippen LogP) is 6.51. The van der Waals surface area contributed by atoms with Crippen LogP contribution >= 0.6 is 11.6 Å². The molecular formula is C38H48ClN3O6S. The molecule has 2 aromatic rings. The zero-order valence-electron chi connectivity index (χ0n) is 28.7. The van der Waals surface area contributed by atoms with E-state index in [1.54, 1.807) is 20.3 Å². The predicted molar refractivity (Wildman–Crippen MR) is 192 cm³/mol. The number of rotatable bonds is 4. The van der Waals surface area contributed by atoms with Crippen LogP contribution in [-0.4, -0.2) is 67.9 Å². The normalized spacial score (nSPS) is 34.9. The molecule has 2 amide bonds. The maximum absolute atomic E-state index is 14.4. The van der Waals surface area contributed by atoms with E-state index in [1.807, 2.05) is 25.1 Å². The van der Waals surface area contributed by atoms with Crippen LogP contribution in [0.2, 0.25) is 5.02 Å². The van der Waals surface area contributed by atoms with Crippen LogP contribution in [0.15, 0.2) is 52.9 Å². The number of carbonyl (C=O) groups is 2. The number of amides is 2. The van der Waals surface area contributed by atoms with Crippen LogP contribution < -0.4 is 14.4 Å². The maximum Gasteiger partial charge on any atom is 0.286 e. The Balaban J connectivity index is 1.28. The number of carbonyl (C=O) groups excluding carboxylic acids is 2. The van der Waals surface area contributed by atoms with Gasteiger partial charge in [-0.05, 0) is 111 Å². The van der Waals surface area contributed by atoms with E-state index < -0.39 is 15.8 Å². The van der Waals surface area contributed by atoms with Crippen molar-refractivity contribution in [1.29, 1.82) is 0 Å². The lowest BCUT2D eigenvalue weighted by Gasteiger charge is -2.46. The molecule has 264 valence electrons. The number of allylic oxidation sites excluding steroid dienone is 1.